The second-order valence-electron chi connectivity index (χ2n) is 3.64. The van der Waals surface area contributed by atoms with Crippen LogP contribution in [0.15, 0.2) is 6.20 Å². The number of aryl methyl sites for hydroxylation is 1. The Bertz CT molecular complexity index is 439. The summed E-state index contributed by atoms with van der Waals surface area (Å²) in [6, 6.07) is -0.103. The summed E-state index contributed by atoms with van der Waals surface area (Å²) in [7, 11) is -2.87. The lowest BCUT2D eigenvalue weighted by atomic mass is 10.3. The number of nitrogens with zero attached hydrogens (tertiary/aromatic N) is 1. The zero-order valence-corrected chi connectivity index (χ0v) is 10.2. The Labute approximate surface area is 93.7 Å². The molecule has 0 bridgehead atoms. The summed E-state index contributed by atoms with van der Waals surface area (Å²) >= 11 is 1.60. The predicted octanol–water partition coefficient (Wildman–Crippen LogP) is 0.765. The molecule has 0 aliphatic carbocycles. The van der Waals surface area contributed by atoms with Crippen molar-refractivity contribution in [2.45, 2.75) is 19.4 Å². The molecule has 0 amide bonds. The molecule has 2 heterocycles. The van der Waals surface area contributed by atoms with Gasteiger partial charge in [-0.25, -0.2) is 13.4 Å². The standard InChI is InChI=1S/C9H14N2O2S2/c1-2-7-5-11-9(14-7)8-6-15(12,13)4-3-10-8/h5,8,10H,2-4,6H2,1H3. The van der Waals surface area contributed by atoms with E-state index in [1.807, 2.05) is 6.20 Å². The molecular weight excluding hydrogens is 232 g/mol. The van der Waals surface area contributed by atoms with Crippen molar-refractivity contribution < 1.29 is 8.42 Å². The van der Waals surface area contributed by atoms with Crippen molar-refractivity contribution in [3.8, 4) is 0 Å². The molecule has 84 valence electrons. The number of thiazole rings is 1. The van der Waals surface area contributed by atoms with Crippen molar-refractivity contribution >= 4 is 21.2 Å². The maximum Gasteiger partial charge on any atom is 0.153 e. The molecule has 0 radical (unpaired) electrons. The van der Waals surface area contributed by atoms with E-state index in [-0.39, 0.29) is 17.5 Å². The van der Waals surface area contributed by atoms with Crippen LogP contribution in [0.5, 0.6) is 0 Å². The highest BCUT2D eigenvalue weighted by Crippen LogP contribution is 2.23. The van der Waals surface area contributed by atoms with E-state index in [1.165, 1.54) is 4.88 Å². The van der Waals surface area contributed by atoms with Gasteiger partial charge in [0.05, 0.1) is 17.5 Å². The third kappa shape index (κ3) is 2.56. The number of aromatic nitrogens is 1. The van der Waals surface area contributed by atoms with Gasteiger partial charge < -0.3 is 5.32 Å². The highest BCUT2D eigenvalue weighted by atomic mass is 32.2. The molecule has 1 saturated heterocycles. The summed E-state index contributed by atoms with van der Waals surface area (Å²) in [5, 5.41) is 4.10. The Morgan fingerprint density at radius 1 is 1.67 bits per heavy atom. The Kier molecular flexibility index (Phi) is 3.08. The van der Waals surface area contributed by atoms with Gasteiger partial charge in [-0.15, -0.1) is 11.3 Å². The minimum Gasteiger partial charge on any atom is -0.306 e. The molecule has 6 heteroatoms. The van der Waals surface area contributed by atoms with Crippen LogP contribution in [0.2, 0.25) is 0 Å². The summed E-state index contributed by atoms with van der Waals surface area (Å²) in [5.41, 5.74) is 0. The first-order valence-corrected chi connectivity index (χ1v) is 7.63. The predicted molar refractivity (Wildman–Crippen MR) is 60.9 cm³/mol. The van der Waals surface area contributed by atoms with Crippen LogP contribution < -0.4 is 5.32 Å². The molecule has 1 fully saturated rings. The van der Waals surface area contributed by atoms with Crippen LogP contribution >= 0.6 is 11.3 Å². The molecule has 0 spiro atoms. The van der Waals surface area contributed by atoms with E-state index in [0.717, 1.165) is 11.4 Å². The summed E-state index contributed by atoms with van der Waals surface area (Å²) < 4.78 is 22.9. The lowest BCUT2D eigenvalue weighted by Gasteiger charge is -2.21. The van der Waals surface area contributed by atoms with Gasteiger partial charge in [0.1, 0.15) is 5.01 Å². The lowest BCUT2D eigenvalue weighted by Crippen LogP contribution is -2.39. The first-order chi connectivity index (χ1) is 7.11. The maximum absolute atomic E-state index is 11.4. The first kappa shape index (κ1) is 11.0. The number of hydrogen-bond donors (Lipinski definition) is 1. The smallest absolute Gasteiger partial charge is 0.153 e. The first-order valence-electron chi connectivity index (χ1n) is 4.99. The summed E-state index contributed by atoms with van der Waals surface area (Å²) in [6.07, 6.45) is 2.79. The van der Waals surface area contributed by atoms with Gasteiger partial charge in [-0.05, 0) is 6.42 Å². The van der Waals surface area contributed by atoms with Gasteiger partial charge in [0.15, 0.2) is 9.84 Å². The topological polar surface area (TPSA) is 59.1 Å². The number of hydrogen-bond acceptors (Lipinski definition) is 5. The van der Waals surface area contributed by atoms with Crippen molar-refractivity contribution in [2.75, 3.05) is 18.1 Å². The molecule has 1 aliphatic rings. The normalized spacial score (nSPS) is 25.3. The molecule has 15 heavy (non-hydrogen) atoms. The fourth-order valence-corrected chi connectivity index (χ4v) is 4.01. The minimum atomic E-state index is -2.87. The second kappa shape index (κ2) is 4.19. The van der Waals surface area contributed by atoms with Gasteiger partial charge >= 0.3 is 0 Å². The van der Waals surface area contributed by atoms with Crippen LogP contribution in [0.3, 0.4) is 0 Å². The van der Waals surface area contributed by atoms with Crippen LogP contribution in [0.1, 0.15) is 22.9 Å². The Morgan fingerprint density at radius 3 is 3.07 bits per heavy atom. The van der Waals surface area contributed by atoms with Crippen LogP contribution in [-0.4, -0.2) is 31.5 Å². The number of nitrogens with one attached hydrogen (secondary N) is 1. The van der Waals surface area contributed by atoms with Gasteiger partial charge in [0.25, 0.3) is 0 Å². The minimum absolute atomic E-state index is 0.103. The van der Waals surface area contributed by atoms with Crippen LogP contribution in [-0.2, 0) is 16.3 Å². The Hall–Kier alpha value is -0.460. The average Bonchev–Trinajstić information content (AvgIpc) is 2.64. The summed E-state index contributed by atoms with van der Waals surface area (Å²) in [4.78, 5) is 5.47. The van der Waals surface area contributed by atoms with Gasteiger partial charge in [-0.3, -0.25) is 0 Å². The monoisotopic (exact) mass is 246 g/mol. The lowest BCUT2D eigenvalue weighted by molar-refractivity contribution is 0.529. The van der Waals surface area contributed by atoms with E-state index < -0.39 is 9.84 Å². The molecule has 4 nitrogen and oxygen atoms in total. The quantitative estimate of drug-likeness (QED) is 0.837. The second-order valence-corrected chi connectivity index (χ2v) is 7.01. The molecule has 2 rings (SSSR count). The average molecular weight is 246 g/mol. The summed E-state index contributed by atoms with van der Waals surface area (Å²) in [5.74, 6) is 0.430. The van der Waals surface area contributed by atoms with Crippen molar-refractivity contribution in [1.29, 1.82) is 0 Å². The molecule has 1 aromatic rings. The van der Waals surface area contributed by atoms with E-state index in [2.05, 4.69) is 17.2 Å². The van der Waals surface area contributed by atoms with Gasteiger partial charge in [0.2, 0.25) is 0 Å². The Balaban J connectivity index is 2.17. The van der Waals surface area contributed by atoms with Crippen LogP contribution in [0.4, 0.5) is 0 Å². The zero-order chi connectivity index (χ0) is 10.9. The van der Waals surface area contributed by atoms with Crippen molar-refractivity contribution in [3.05, 3.63) is 16.1 Å². The molecule has 1 atom stereocenters. The Morgan fingerprint density at radius 2 is 2.47 bits per heavy atom. The SMILES string of the molecule is CCc1cnc(C2CS(=O)(=O)CCN2)s1. The van der Waals surface area contributed by atoms with E-state index >= 15 is 0 Å². The van der Waals surface area contributed by atoms with Crippen molar-refractivity contribution in [3.63, 3.8) is 0 Å². The third-order valence-corrected chi connectivity index (χ3v) is 5.37. The van der Waals surface area contributed by atoms with Gasteiger partial charge in [0, 0.05) is 17.6 Å². The molecular formula is C9H14N2O2S2. The fourth-order valence-electron chi connectivity index (χ4n) is 1.59. The number of rotatable bonds is 2. The van der Waals surface area contributed by atoms with Crippen LogP contribution in [0, 0.1) is 0 Å². The highest BCUT2D eigenvalue weighted by molar-refractivity contribution is 7.91. The highest BCUT2D eigenvalue weighted by Gasteiger charge is 2.27. The van der Waals surface area contributed by atoms with E-state index in [0.29, 0.717) is 6.54 Å². The zero-order valence-electron chi connectivity index (χ0n) is 8.56. The molecule has 1 unspecified atom stereocenters. The molecule has 1 N–H and O–H groups in total. The molecule has 0 aromatic carbocycles. The molecule has 1 aromatic heterocycles. The van der Waals surface area contributed by atoms with E-state index in [1.54, 1.807) is 11.3 Å². The molecule has 0 saturated carbocycles. The third-order valence-electron chi connectivity index (χ3n) is 2.44. The number of sulfone groups is 1. The van der Waals surface area contributed by atoms with Gasteiger partial charge in [-0.1, -0.05) is 6.92 Å². The van der Waals surface area contributed by atoms with E-state index in [9.17, 15) is 8.42 Å². The van der Waals surface area contributed by atoms with E-state index in [4.69, 9.17) is 0 Å². The van der Waals surface area contributed by atoms with Crippen molar-refractivity contribution in [1.82, 2.24) is 10.3 Å². The maximum atomic E-state index is 11.4. The largest absolute Gasteiger partial charge is 0.306 e. The fraction of sp³-hybridized carbons (Fsp3) is 0.667. The van der Waals surface area contributed by atoms with Gasteiger partial charge in [-0.2, -0.15) is 0 Å². The van der Waals surface area contributed by atoms with Crippen molar-refractivity contribution in [2.24, 2.45) is 0 Å². The molecule has 1 aliphatic heterocycles. The summed E-state index contributed by atoms with van der Waals surface area (Å²) in [6.45, 7) is 2.61. The van der Waals surface area contributed by atoms with Crippen LogP contribution in [0.25, 0.3) is 0 Å².